The monoisotopic (exact) mass is 886 g/mol. The second kappa shape index (κ2) is 44.3. The number of carbonyl (C=O) groups is 6. The zero-order valence-corrected chi connectivity index (χ0v) is 38.9. The molecule has 0 aromatic carbocycles. The van der Waals surface area contributed by atoms with E-state index in [0.717, 1.165) is 50.9 Å². The molecule has 5 amide bonds. The van der Waals surface area contributed by atoms with Gasteiger partial charge in [-0.25, -0.2) is 4.79 Å². The molecule has 0 saturated carbocycles. The van der Waals surface area contributed by atoms with Gasteiger partial charge >= 0.3 is 5.97 Å². The van der Waals surface area contributed by atoms with Crippen molar-refractivity contribution in [3.05, 3.63) is 0 Å². The molecule has 1 atom stereocenters. The van der Waals surface area contributed by atoms with Crippen LogP contribution in [0.25, 0.3) is 0 Å². The number of nitrogens with one attached hydrogen (secondary N) is 5. The molecule has 0 aliphatic rings. The van der Waals surface area contributed by atoms with Crippen molar-refractivity contribution in [2.45, 2.75) is 174 Å². The molecule has 0 fully saturated rings. The number of carboxylic acid groups (broad SMARTS) is 1. The predicted octanol–water partition coefficient (Wildman–Crippen LogP) is 5.74. The van der Waals surface area contributed by atoms with Crippen LogP contribution in [0.5, 0.6) is 0 Å². The number of unbranched alkanes of at least 4 members (excludes halogenated alkanes) is 15. The summed E-state index contributed by atoms with van der Waals surface area (Å²) in [5, 5.41) is 23.0. The van der Waals surface area contributed by atoms with Gasteiger partial charge in [0.1, 0.15) is 19.3 Å². The van der Waals surface area contributed by atoms with E-state index in [1.165, 1.54) is 70.6 Å². The summed E-state index contributed by atoms with van der Waals surface area (Å²) in [4.78, 5) is 71.7. The van der Waals surface area contributed by atoms with Crippen molar-refractivity contribution in [2.75, 3.05) is 79.0 Å². The molecule has 0 aromatic heterocycles. The summed E-state index contributed by atoms with van der Waals surface area (Å²) in [6, 6.07) is -1.12. The van der Waals surface area contributed by atoms with Crippen molar-refractivity contribution < 1.29 is 52.8 Å². The lowest BCUT2D eigenvalue weighted by atomic mass is 10.0. The Hall–Kier alpha value is -3.34. The molecule has 0 bridgehead atoms. The Kier molecular flexibility index (Phi) is 41.9. The van der Waals surface area contributed by atoms with E-state index < -0.39 is 12.0 Å². The second-order valence-electron chi connectivity index (χ2n) is 16.4. The summed E-state index contributed by atoms with van der Waals surface area (Å²) in [5.41, 5.74) is 0. The number of rotatable bonds is 46. The molecule has 0 radical (unpaired) electrons. The zero-order valence-electron chi connectivity index (χ0n) is 38.9. The lowest BCUT2D eigenvalue weighted by molar-refractivity contribution is -0.142. The molecule has 6 N–H and O–H groups in total. The fraction of sp³-hybridized carbons (Fsp3) is 0.870. The van der Waals surface area contributed by atoms with E-state index in [1.807, 2.05) is 0 Å². The number of hydrogen-bond donors (Lipinski definition) is 6. The van der Waals surface area contributed by atoms with Crippen molar-refractivity contribution in [3.8, 4) is 0 Å². The fourth-order valence-electron chi connectivity index (χ4n) is 6.41. The van der Waals surface area contributed by atoms with Crippen LogP contribution in [0.15, 0.2) is 0 Å². The molecule has 362 valence electrons. The minimum Gasteiger partial charge on any atom is -0.480 e. The molecular weight excluding hydrogens is 799 g/mol. The number of carbonyl (C=O) groups excluding carboxylic acids is 5. The van der Waals surface area contributed by atoms with Crippen LogP contribution >= 0.6 is 0 Å². The van der Waals surface area contributed by atoms with E-state index in [-0.39, 0.29) is 115 Å². The first-order chi connectivity index (χ1) is 30.0. The van der Waals surface area contributed by atoms with Crippen LogP contribution in [-0.2, 0) is 47.7 Å². The van der Waals surface area contributed by atoms with Gasteiger partial charge in [0.05, 0.1) is 39.6 Å². The molecule has 0 aliphatic carbocycles. The van der Waals surface area contributed by atoms with Gasteiger partial charge in [-0.2, -0.15) is 0 Å². The summed E-state index contributed by atoms with van der Waals surface area (Å²) in [6.07, 6.45) is 22.9. The topological polar surface area (TPSA) is 220 Å². The van der Waals surface area contributed by atoms with E-state index in [0.29, 0.717) is 25.9 Å². The molecule has 0 rings (SSSR count). The lowest BCUT2D eigenvalue weighted by Crippen LogP contribution is -2.41. The van der Waals surface area contributed by atoms with Gasteiger partial charge in [0.15, 0.2) is 0 Å². The van der Waals surface area contributed by atoms with Crippen LogP contribution < -0.4 is 26.6 Å². The smallest absolute Gasteiger partial charge is 0.326 e. The SMILES string of the molecule is CCCCCNC(=O)CCCNC(=O)COCCOCCNC(=O)COCCOCCNC(=O)CCC(NC(=O)CCCCCCCCCCCCCCCCC(C)C)C(=O)O. The molecule has 0 heterocycles. The van der Waals surface area contributed by atoms with Crippen molar-refractivity contribution in [2.24, 2.45) is 5.92 Å². The highest BCUT2D eigenvalue weighted by molar-refractivity contribution is 5.84. The third-order valence-electron chi connectivity index (χ3n) is 10.1. The number of ether oxygens (including phenoxy) is 4. The summed E-state index contributed by atoms with van der Waals surface area (Å²) in [7, 11) is 0. The largest absolute Gasteiger partial charge is 0.480 e. The fourth-order valence-corrected chi connectivity index (χ4v) is 6.41. The third kappa shape index (κ3) is 43.3. The Morgan fingerprint density at radius 2 is 0.839 bits per heavy atom. The number of hydrogen-bond acceptors (Lipinski definition) is 10. The standard InChI is InChI=1S/C46H87N5O11/c1-4-5-20-27-47-41(52)24-21-28-48-44(55)37-61-35-34-60-32-30-50-45(56)38-62-36-33-59-31-29-49-42(53)26-25-40(46(57)58)51-43(54)23-19-17-15-13-11-9-7-6-8-10-12-14-16-18-22-39(2)3/h39-40H,4-38H2,1-3H3,(H,47,52)(H,48,55)(H,49,53)(H,50,56)(H,51,54)(H,57,58). The van der Waals surface area contributed by atoms with Crippen LogP contribution in [0.3, 0.4) is 0 Å². The van der Waals surface area contributed by atoms with Gasteiger partial charge in [0.25, 0.3) is 0 Å². The maximum atomic E-state index is 12.3. The van der Waals surface area contributed by atoms with Gasteiger partial charge in [-0.15, -0.1) is 0 Å². The summed E-state index contributed by atoms with van der Waals surface area (Å²) in [6.45, 7) is 9.39. The number of amides is 5. The first kappa shape index (κ1) is 58.7. The van der Waals surface area contributed by atoms with Crippen molar-refractivity contribution >= 4 is 35.5 Å². The second-order valence-corrected chi connectivity index (χ2v) is 16.4. The van der Waals surface area contributed by atoms with Gasteiger partial charge in [-0.05, 0) is 31.6 Å². The van der Waals surface area contributed by atoms with Gasteiger partial charge in [-0.1, -0.05) is 124 Å². The average molecular weight is 886 g/mol. The highest BCUT2D eigenvalue weighted by Gasteiger charge is 2.21. The van der Waals surface area contributed by atoms with Crippen molar-refractivity contribution in [1.82, 2.24) is 26.6 Å². The Morgan fingerprint density at radius 3 is 1.35 bits per heavy atom. The molecule has 0 aromatic rings. The highest BCUT2D eigenvalue weighted by Crippen LogP contribution is 2.15. The van der Waals surface area contributed by atoms with E-state index in [2.05, 4.69) is 47.4 Å². The van der Waals surface area contributed by atoms with Crippen LogP contribution in [-0.4, -0.2) is 126 Å². The lowest BCUT2D eigenvalue weighted by Gasteiger charge is -2.14. The predicted molar refractivity (Wildman–Crippen MR) is 242 cm³/mol. The molecule has 62 heavy (non-hydrogen) atoms. The summed E-state index contributed by atoms with van der Waals surface area (Å²) < 4.78 is 21.4. The van der Waals surface area contributed by atoms with Gasteiger partial charge < -0.3 is 50.6 Å². The van der Waals surface area contributed by atoms with E-state index in [4.69, 9.17) is 18.9 Å². The van der Waals surface area contributed by atoms with Crippen LogP contribution in [0.4, 0.5) is 0 Å². The van der Waals surface area contributed by atoms with E-state index in [1.54, 1.807) is 0 Å². The number of aliphatic carboxylic acids is 1. The average Bonchev–Trinajstić information content (AvgIpc) is 3.24. The summed E-state index contributed by atoms with van der Waals surface area (Å²) >= 11 is 0. The van der Waals surface area contributed by atoms with Crippen LogP contribution in [0, 0.1) is 5.92 Å². The quantitative estimate of drug-likeness (QED) is 0.0405. The first-order valence-corrected chi connectivity index (χ1v) is 23.9. The first-order valence-electron chi connectivity index (χ1n) is 23.9. The minimum atomic E-state index is -1.16. The van der Waals surface area contributed by atoms with Crippen LogP contribution in [0.1, 0.15) is 168 Å². The molecule has 0 spiro atoms. The van der Waals surface area contributed by atoms with E-state index in [9.17, 15) is 33.9 Å². The van der Waals surface area contributed by atoms with Gasteiger partial charge in [-0.3, -0.25) is 24.0 Å². The zero-order chi connectivity index (χ0) is 45.7. The molecule has 0 saturated heterocycles. The van der Waals surface area contributed by atoms with Crippen molar-refractivity contribution in [1.29, 1.82) is 0 Å². The Balaban J connectivity index is 3.64. The maximum Gasteiger partial charge on any atom is 0.326 e. The number of carboxylic acids is 1. The third-order valence-corrected chi connectivity index (χ3v) is 10.1. The molecule has 16 nitrogen and oxygen atoms in total. The molecular formula is C46H87N5O11. The Morgan fingerprint density at radius 1 is 0.419 bits per heavy atom. The van der Waals surface area contributed by atoms with Crippen LogP contribution in [0.2, 0.25) is 0 Å². The summed E-state index contributed by atoms with van der Waals surface area (Å²) in [5.74, 6) is -1.56. The molecule has 0 aliphatic heterocycles. The Labute approximate surface area is 373 Å². The minimum absolute atomic E-state index is 0.00708. The van der Waals surface area contributed by atoms with Gasteiger partial charge in [0, 0.05) is 45.4 Å². The molecule has 16 heteroatoms. The Bertz CT molecular complexity index is 1140. The highest BCUT2D eigenvalue weighted by atomic mass is 16.5. The molecule has 1 unspecified atom stereocenters. The van der Waals surface area contributed by atoms with Crippen molar-refractivity contribution in [3.63, 3.8) is 0 Å². The normalized spacial score (nSPS) is 11.6. The van der Waals surface area contributed by atoms with E-state index >= 15 is 0 Å². The maximum absolute atomic E-state index is 12.3. The van der Waals surface area contributed by atoms with Gasteiger partial charge in [0.2, 0.25) is 29.5 Å².